The summed E-state index contributed by atoms with van der Waals surface area (Å²) < 4.78 is 45.7. The van der Waals surface area contributed by atoms with E-state index in [4.69, 9.17) is 10.5 Å². The lowest BCUT2D eigenvalue weighted by atomic mass is 10.3. The number of carbonyl (C=O) groups excluding carboxylic acids is 1. The van der Waals surface area contributed by atoms with Crippen molar-refractivity contribution in [2.24, 2.45) is 0 Å². The van der Waals surface area contributed by atoms with Gasteiger partial charge < -0.3 is 25.5 Å². The van der Waals surface area contributed by atoms with Crippen molar-refractivity contribution in [3.63, 3.8) is 0 Å². The van der Waals surface area contributed by atoms with E-state index in [0.29, 0.717) is 0 Å². The van der Waals surface area contributed by atoms with Crippen LogP contribution in [0.3, 0.4) is 0 Å². The number of anilines is 1. The van der Waals surface area contributed by atoms with Crippen molar-refractivity contribution in [1.29, 1.82) is 0 Å². The minimum atomic E-state index is -4.83. The summed E-state index contributed by atoms with van der Waals surface area (Å²) in [6.45, 7) is 1.42. The highest BCUT2D eigenvalue weighted by atomic mass is 19.4. The number of hydrogen-bond acceptors (Lipinski definition) is 6. The lowest BCUT2D eigenvalue weighted by molar-refractivity contribution is -0.274. The normalized spacial score (nSPS) is 12.3. The average Bonchev–Trinajstić information content (AvgIpc) is 2.55. The van der Waals surface area contributed by atoms with Crippen molar-refractivity contribution >= 4 is 11.6 Å². The first-order valence-corrected chi connectivity index (χ1v) is 7.46. The summed E-state index contributed by atoms with van der Waals surface area (Å²) >= 11 is 0. The van der Waals surface area contributed by atoms with Crippen LogP contribution >= 0.6 is 0 Å². The van der Waals surface area contributed by atoms with Gasteiger partial charge in [-0.2, -0.15) is 0 Å². The van der Waals surface area contributed by atoms with E-state index in [1.54, 1.807) is 0 Å². The molecular weight excluding hydrogens is 373 g/mol. The van der Waals surface area contributed by atoms with E-state index in [-0.39, 0.29) is 12.4 Å². The van der Waals surface area contributed by atoms with E-state index >= 15 is 0 Å². The summed E-state index contributed by atoms with van der Waals surface area (Å²) in [4.78, 5) is 38.7. The number of hydrogen-bond donors (Lipinski definition) is 4. The van der Waals surface area contributed by atoms with E-state index in [1.165, 1.54) is 19.1 Å². The minimum Gasteiger partial charge on any atom is -0.491 e. The molecule has 1 unspecified atom stereocenters. The number of nitrogen functional groups attached to an aromatic ring is 1. The summed E-state index contributed by atoms with van der Waals surface area (Å²) in [5, 5.41) is 2.44. The van der Waals surface area contributed by atoms with Crippen molar-refractivity contribution in [1.82, 2.24) is 15.3 Å². The van der Waals surface area contributed by atoms with Gasteiger partial charge in [0, 0.05) is 6.07 Å². The lowest BCUT2D eigenvalue weighted by Crippen LogP contribution is -2.40. The number of nitrogens with two attached hydrogens (primary N) is 1. The summed E-state index contributed by atoms with van der Waals surface area (Å²) in [6, 6.07) is 4.23. The Bertz CT molecular complexity index is 938. The maximum Gasteiger partial charge on any atom is 0.573 e. The summed E-state index contributed by atoms with van der Waals surface area (Å²) in [7, 11) is 0. The highest BCUT2D eigenvalue weighted by Gasteiger charge is 2.31. The van der Waals surface area contributed by atoms with E-state index in [9.17, 15) is 27.6 Å². The molecule has 9 nitrogen and oxygen atoms in total. The maximum atomic E-state index is 12.2. The van der Waals surface area contributed by atoms with Gasteiger partial charge in [0.2, 0.25) is 0 Å². The Labute approximate surface area is 149 Å². The molecule has 2 rings (SSSR count). The van der Waals surface area contributed by atoms with E-state index in [0.717, 1.165) is 12.1 Å². The molecule has 0 fully saturated rings. The average molecular weight is 388 g/mol. The Kier molecular flexibility index (Phi) is 5.78. The number of amides is 1. The highest BCUT2D eigenvalue weighted by molar-refractivity contribution is 5.96. The van der Waals surface area contributed by atoms with Crippen LogP contribution in [-0.2, 0) is 0 Å². The number of benzene rings is 1. The van der Waals surface area contributed by atoms with Crippen LogP contribution in [0.15, 0.2) is 33.9 Å². The molecule has 0 radical (unpaired) electrons. The van der Waals surface area contributed by atoms with Crippen molar-refractivity contribution < 1.29 is 27.4 Å². The second-order valence-corrected chi connectivity index (χ2v) is 5.41. The van der Waals surface area contributed by atoms with Gasteiger partial charge in [0.25, 0.3) is 11.5 Å². The zero-order valence-corrected chi connectivity index (χ0v) is 13.8. The number of aromatic nitrogens is 2. The van der Waals surface area contributed by atoms with E-state index in [1.807, 2.05) is 4.98 Å². The topological polar surface area (TPSA) is 139 Å². The fourth-order valence-corrected chi connectivity index (χ4v) is 2.00. The Morgan fingerprint density at radius 2 is 1.93 bits per heavy atom. The molecule has 0 aliphatic heterocycles. The van der Waals surface area contributed by atoms with Gasteiger partial charge in [0.05, 0.1) is 6.04 Å². The number of ether oxygens (including phenoxy) is 2. The predicted molar refractivity (Wildman–Crippen MR) is 87.6 cm³/mol. The highest BCUT2D eigenvalue weighted by Crippen LogP contribution is 2.26. The molecule has 0 aliphatic rings. The zero-order valence-electron chi connectivity index (χ0n) is 13.8. The molecule has 12 heteroatoms. The molecule has 0 aliphatic carbocycles. The Hall–Kier alpha value is -3.44. The molecule has 1 heterocycles. The summed E-state index contributed by atoms with van der Waals surface area (Å²) in [5.74, 6) is -1.19. The number of nitrogens with one attached hydrogen (secondary N) is 3. The number of alkyl halides is 3. The fraction of sp³-hybridized carbons (Fsp3) is 0.267. The van der Waals surface area contributed by atoms with E-state index in [2.05, 4.69) is 15.0 Å². The smallest absolute Gasteiger partial charge is 0.491 e. The monoisotopic (exact) mass is 388 g/mol. The van der Waals surface area contributed by atoms with E-state index < -0.39 is 46.7 Å². The molecule has 1 aromatic carbocycles. The van der Waals surface area contributed by atoms with Crippen LogP contribution in [-0.4, -0.2) is 34.9 Å². The van der Waals surface area contributed by atoms with Crippen LogP contribution < -0.4 is 31.8 Å². The number of rotatable bonds is 6. The number of halogens is 3. The van der Waals surface area contributed by atoms with Crippen molar-refractivity contribution in [2.45, 2.75) is 19.3 Å². The molecule has 0 saturated carbocycles. The standard InChI is InChI=1S/C15H15F3N4O5/c1-7(20-13(24)11-10(19)12(23)22-14(25)21-11)6-26-8-3-2-4-9(5-8)27-15(16,17)18/h2-5,7H,6,19H2,1H3,(H,20,24)(H2,21,22,23,25). The molecule has 146 valence electrons. The third-order valence-electron chi connectivity index (χ3n) is 3.12. The van der Waals surface area contributed by atoms with Gasteiger partial charge in [-0.25, -0.2) is 4.79 Å². The molecule has 2 aromatic rings. The van der Waals surface area contributed by atoms with Crippen LogP contribution in [0.2, 0.25) is 0 Å². The predicted octanol–water partition coefficient (Wildman–Crippen LogP) is 0.741. The number of carbonyl (C=O) groups is 1. The van der Waals surface area contributed by atoms with Crippen LogP contribution in [0, 0.1) is 0 Å². The SMILES string of the molecule is CC(COc1cccc(OC(F)(F)F)c1)NC(=O)c1[nH]c(=O)[nH]c(=O)c1N. The largest absolute Gasteiger partial charge is 0.573 e. The molecule has 1 aromatic heterocycles. The molecule has 1 atom stereocenters. The van der Waals surface area contributed by atoms with Crippen molar-refractivity contribution in [3.05, 3.63) is 50.8 Å². The first kappa shape index (κ1) is 19.9. The Morgan fingerprint density at radius 1 is 1.26 bits per heavy atom. The van der Waals surface area contributed by atoms with Crippen LogP contribution in [0.25, 0.3) is 0 Å². The zero-order chi connectivity index (χ0) is 20.2. The Morgan fingerprint density at radius 3 is 2.59 bits per heavy atom. The molecule has 0 spiro atoms. The van der Waals surface area contributed by atoms with Gasteiger partial charge in [-0.05, 0) is 19.1 Å². The van der Waals surface area contributed by atoms with Crippen LogP contribution in [0.4, 0.5) is 18.9 Å². The van der Waals surface area contributed by atoms with Gasteiger partial charge in [0.15, 0.2) is 0 Å². The van der Waals surface area contributed by atoms with Crippen molar-refractivity contribution in [2.75, 3.05) is 12.3 Å². The summed E-state index contributed by atoms with van der Waals surface area (Å²) in [6.07, 6.45) is -4.83. The third kappa shape index (κ3) is 5.80. The summed E-state index contributed by atoms with van der Waals surface area (Å²) in [5.41, 5.74) is 2.77. The second-order valence-electron chi connectivity index (χ2n) is 5.41. The third-order valence-corrected chi connectivity index (χ3v) is 3.12. The first-order chi connectivity index (χ1) is 12.5. The molecule has 0 bridgehead atoms. The molecule has 0 saturated heterocycles. The number of H-pyrrole nitrogens is 2. The molecule has 5 N–H and O–H groups in total. The maximum absolute atomic E-state index is 12.2. The molecular formula is C15H15F3N4O5. The van der Waals surface area contributed by atoms with Gasteiger partial charge in [0.1, 0.15) is 29.5 Å². The van der Waals surface area contributed by atoms with Crippen LogP contribution in [0.5, 0.6) is 11.5 Å². The molecule has 27 heavy (non-hydrogen) atoms. The number of aromatic amines is 2. The van der Waals surface area contributed by atoms with Crippen LogP contribution in [0.1, 0.15) is 17.4 Å². The first-order valence-electron chi connectivity index (χ1n) is 7.46. The van der Waals surface area contributed by atoms with Gasteiger partial charge in [-0.15, -0.1) is 13.2 Å². The fourth-order valence-electron chi connectivity index (χ4n) is 2.00. The second kappa shape index (κ2) is 7.85. The minimum absolute atomic E-state index is 0.0851. The van der Waals surface area contributed by atoms with Crippen molar-refractivity contribution in [3.8, 4) is 11.5 Å². The lowest BCUT2D eigenvalue weighted by Gasteiger charge is -2.16. The van der Waals surface area contributed by atoms with Gasteiger partial charge >= 0.3 is 12.1 Å². The Balaban J connectivity index is 1.98. The molecule has 1 amide bonds. The van der Waals surface area contributed by atoms with Gasteiger partial charge in [-0.1, -0.05) is 6.07 Å². The quantitative estimate of drug-likeness (QED) is 0.576. The van der Waals surface area contributed by atoms with Gasteiger partial charge in [-0.3, -0.25) is 14.6 Å².